The monoisotopic (exact) mass is 309 g/mol. The molecule has 0 radical (unpaired) electrons. The second kappa shape index (κ2) is 5.65. The van der Waals surface area contributed by atoms with Gasteiger partial charge in [-0.3, -0.25) is 14.4 Å². The number of aryl methyl sites for hydroxylation is 1. The molecule has 0 saturated carbocycles. The summed E-state index contributed by atoms with van der Waals surface area (Å²) in [4.78, 5) is 43.9. The van der Waals surface area contributed by atoms with E-state index in [1.807, 2.05) is 0 Å². The van der Waals surface area contributed by atoms with Crippen LogP contribution in [0.5, 0.6) is 0 Å². The molecule has 0 aliphatic rings. The molecule has 0 aliphatic heterocycles. The topological polar surface area (TPSA) is 103 Å². The first kappa shape index (κ1) is 15.2. The van der Waals surface area contributed by atoms with Gasteiger partial charge in [0.15, 0.2) is 0 Å². The minimum absolute atomic E-state index is 0.260. The van der Waals surface area contributed by atoms with Crippen LogP contribution >= 0.6 is 11.3 Å². The number of H-pyrrole nitrogens is 1. The Labute approximate surface area is 124 Å². The fourth-order valence-corrected chi connectivity index (χ4v) is 3.15. The summed E-state index contributed by atoms with van der Waals surface area (Å²) < 4.78 is 0. The summed E-state index contributed by atoms with van der Waals surface area (Å²) in [7, 11) is 0. The molecular weight excluding hydrogens is 294 g/mol. The molecule has 0 aromatic carbocycles. The lowest BCUT2D eigenvalue weighted by Crippen LogP contribution is -2.40. The maximum Gasteiger partial charge on any atom is 0.323 e. The normalized spacial score (nSPS) is 11.0. The lowest BCUT2D eigenvalue weighted by atomic mass is 10.2. The summed E-state index contributed by atoms with van der Waals surface area (Å²) in [6, 6.07) is -0.260. The van der Waals surface area contributed by atoms with Gasteiger partial charge in [0.25, 0.3) is 11.5 Å². The van der Waals surface area contributed by atoms with Crippen molar-refractivity contribution >= 4 is 33.4 Å². The summed E-state index contributed by atoms with van der Waals surface area (Å²) in [5.41, 5.74) is 0.229. The molecule has 0 saturated heterocycles. The number of nitrogens with zero attached hydrogens (tertiary/aromatic N) is 2. The van der Waals surface area contributed by atoms with Crippen molar-refractivity contribution in [3.8, 4) is 0 Å². The molecule has 0 aliphatic carbocycles. The van der Waals surface area contributed by atoms with Crippen molar-refractivity contribution in [1.29, 1.82) is 0 Å². The van der Waals surface area contributed by atoms with E-state index < -0.39 is 11.9 Å². The highest BCUT2D eigenvalue weighted by Crippen LogP contribution is 2.28. The van der Waals surface area contributed by atoms with E-state index in [0.717, 1.165) is 11.3 Å². The largest absolute Gasteiger partial charge is 0.480 e. The molecule has 8 heteroatoms. The lowest BCUT2D eigenvalue weighted by molar-refractivity contribution is -0.138. The Morgan fingerprint density at radius 1 is 1.48 bits per heavy atom. The number of thiophene rings is 1. The number of carbonyl (C=O) groups is 2. The van der Waals surface area contributed by atoms with Crippen LogP contribution in [0.1, 0.15) is 29.1 Å². The predicted octanol–water partition coefficient (Wildman–Crippen LogP) is 1.23. The van der Waals surface area contributed by atoms with Crippen LogP contribution in [0, 0.1) is 6.92 Å². The van der Waals surface area contributed by atoms with Gasteiger partial charge in [-0.15, -0.1) is 11.3 Å². The number of amides is 1. The highest BCUT2D eigenvalue weighted by Gasteiger charge is 2.26. The molecule has 2 rings (SSSR count). The number of nitrogens with one attached hydrogen (secondary N) is 1. The molecule has 0 spiro atoms. The van der Waals surface area contributed by atoms with Gasteiger partial charge in [0.2, 0.25) is 0 Å². The van der Waals surface area contributed by atoms with E-state index in [9.17, 15) is 14.4 Å². The Balaban J connectivity index is 2.52. The molecule has 2 aromatic heterocycles. The number of aliphatic carboxylic acids is 1. The van der Waals surface area contributed by atoms with Crippen LogP contribution in [0.15, 0.2) is 11.1 Å². The van der Waals surface area contributed by atoms with Crippen molar-refractivity contribution < 1.29 is 14.7 Å². The summed E-state index contributed by atoms with van der Waals surface area (Å²) in [6.07, 6.45) is 1.28. The van der Waals surface area contributed by atoms with E-state index in [2.05, 4.69) is 9.97 Å². The Bertz CT molecular complexity index is 762. The van der Waals surface area contributed by atoms with Crippen molar-refractivity contribution in [1.82, 2.24) is 14.9 Å². The molecule has 7 nitrogen and oxygen atoms in total. The number of hydrogen-bond donors (Lipinski definition) is 2. The van der Waals surface area contributed by atoms with Crippen LogP contribution in [-0.4, -0.2) is 44.4 Å². The van der Waals surface area contributed by atoms with E-state index in [1.165, 1.54) is 11.2 Å². The molecule has 2 N–H and O–H groups in total. The van der Waals surface area contributed by atoms with Gasteiger partial charge in [0, 0.05) is 6.04 Å². The van der Waals surface area contributed by atoms with Gasteiger partial charge >= 0.3 is 5.97 Å². The molecule has 2 heterocycles. The second-order valence-corrected chi connectivity index (χ2v) is 5.89. The third kappa shape index (κ3) is 2.80. The fraction of sp³-hybridized carbons (Fsp3) is 0.385. The third-order valence-electron chi connectivity index (χ3n) is 3.12. The van der Waals surface area contributed by atoms with Crippen LogP contribution in [0.2, 0.25) is 0 Å². The van der Waals surface area contributed by atoms with Crippen LogP contribution in [0.25, 0.3) is 10.2 Å². The molecule has 0 bridgehead atoms. The van der Waals surface area contributed by atoms with Crippen LogP contribution < -0.4 is 5.56 Å². The van der Waals surface area contributed by atoms with Crippen molar-refractivity contribution in [2.75, 3.05) is 6.54 Å². The predicted molar refractivity (Wildman–Crippen MR) is 78.8 cm³/mol. The number of hydrogen-bond acceptors (Lipinski definition) is 5. The smallest absolute Gasteiger partial charge is 0.323 e. The standard InChI is InChI=1S/C13H15N3O4S/c1-6(2)16(4-8(17)18)13(20)10-7(3)9-11(19)14-5-15-12(9)21-10/h5-6H,4H2,1-3H3,(H,17,18)(H,14,15,19). The number of carboxylic acid groups (broad SMARTS) is 1. The SMILES string of the molecule is Cc1c(C(=O)N(CC(=O)O)C(C)C)sc2nc[nH]c(=O)c12. The number of fused-ring (bicyclic) bond motifs is 1. The number of rotatable bonds is 4. The van der Waals surface area contributed by atoms with E-state index in [4.69, 9.17) is 5.11 Å². The highest BCUT2D eigenvalue weighted by atomic mass is 32.1. The van der Waals surface area contributed by atoms with Crippen molar-refractivity contribution in [3.63, 3.8) is 0 Å². The van der Waals surface area contributed by atoms with E-state index in [1.54, 1.807) is 20.8 Å². The van der Waals surface area contributed by atoms with Crippen molar-refractivity contribution in [3.05, 3.63) is 27.1 Å². The van der Waals surface area contributed by atoms with E-state index in [0.29, 0.717) is 20.7 Å². The first-order valence-electron chi connectivity index (χ1n) is 6.32. The lowest BCUT2D eigenvalue weighted by Gasteiger charge is -2.24. The van der Waals surface area contributed by atoms with Gasteiger partial charge in [0.05, 0.1) is 16.6 Å². The van der Waals surface area contributed by atoms with Crippen molar-refractivity contribution in [2.24, 2.45) is 0 Å². The highest BCUT2D eigenvalue weighted by molar-refractivity contribution is 7.20. The number of carboxylic acids is 1. The molecular formula is C13H15N3O4S. The molecule has 0 unspecified atom stereocenters. The summed E-state index contributed by atoms with van der Waals surface area (Å²) in [6.45, 7) is 4.78. The van der Waals surface area contributed by atoms with Crippen LogP contribution in [0.3, 0.4) is 0 Å². The average Bonchev–Trinajstić information content (AvgIpc) is 2.73. The number of aromatic amines is 1. The van der Waals surface area contributed by atoms with E-state index in [-0.39, 0.29) is 18.1 Å². The van der Waals surface area contributed by atoms with Gasteiger partial charge < -0.3 is 15.0 Å². The maximum atomic E-state index is 12.6. The Kier molecular flexibility index (Phi) is 4.08. The Morgan fingerprint density at radius 2 is 2.14 bits per heavy atom. The van der Waals surface area contributed by atoms with Crippen molar-refractivity contribution in [2.45, 2.75) is 26.8 Å². The van der Waals surface area contributed by atoms with E-state index >= 15 is 0 Å². The van der Waals surface area contributed by atoms with Crippen LogP contribution in [0.4, 0.5) is 0 Å². The molecule has 0 fully saturated rings. The molecule has 112 valence electrons. The van der Waals surface area contributed by atoms with Gasteiger partial charge in [-0.2, -0.15) is 0 Å². The summed E-state index contributed by atoms with van der Waals surface area (Å²) >= 11 is 1.10. The Hall–Kier alpha value is -2.22. The zero-order valence-corrected chi connectivity index (χ0v) is 12.7. The zero-order valence-electron chi connectivity index (χ0n) is 11.8. The molecule has 0 atom stereocenters. The third-order valence-corrected chi connectivity index (χ3v) is 4.30. The van der Waals surface area contributed by atoms with Gasteiger partial charge in [-0.25, -0.2) is 4.98 Å². The molecule has 1 amide bonds. The number of aromatic nitrogens is 2. The summed E-state index contributed by atoms with van der Waals surface area (Å²) in [5.74, 6) is -1.47. The minimum Gasteiger partial charge on any atom is -0.480 e. The average molecular weight is 309 g/mol. The summed E-state index contributed by atoms with van der Waals surface area (Å²) in [5, 5.41) is 9.30. The van der Waals surface area contributed by atoms with Gasteiger partial charge in [-0.05, 0) is 26.3 Å². The first-order valence-corrected chi connectivity index (χ1v) is 7.14. The first-order chi connectivity index (χ1) is 9.82. The number of carbonyl (C=O) groups excluding carboxylic acids is 1. The fourth-order valence-electron chi connectivity index (χ4n) is 2.05. The zero-order chi connectivity index (χ0) is 15.7. The molecule has 21 heavy (non-hydrogen) atoms. The second-order valence-electron chi connectivity index (χ2n) is 4.89. The molecule has 2 aromatic rings. The van der Waals surface area contributed by atoms with Gasteiger partial charge in [0.1, 0.15) is 11.4 Å². The quantitative estimate of drug-likeness (QED) is 0.884. The Morgan fingerprint density at radius 3 is 2.67 bits per heavy atom. The van der Waals surface area contributed by atoms with Gasteiger partial charge in [-0.1, -0.05) is 0 Å². The van der Waals surface area contributed by atoms with Crippen LogP contribution in [-0.2, 0) is 4.79 Å². The maximum absolute atomic E-state index is 12.6. The minimum atomic E-state index is -1.08.